The van der Waals surface area contributed by atoms with Gasteiger partial charge < -0.3 is 0 Å². The molecule has 0 saturated heterocycles. The van der Waals surface area contributed by atoms with Crippen LogP contribution < -0.4 is 4.72 Å². The van der Waals surface area contributed by atoms with Crippen LogP contribution in [0.5, 0.6) is 0 Å². The molecule has 20 heavy (non-hydrogen) atoms. The molecule has 0 spiro atoms. The van der Waals surface area contributed by atoms with Crippen molar-refractivity contribution in [2.24, 2.45) is 0 Å². The highest BCUT2D eigenvalue weighted by molar-refractivity contribution is 7.99. The van der Waals surface area contributed by atoms with Gasteiger partial charge in [-0.25, -0.2) is 18.1 Å². The van der Waals surface area contributed by atoms with Gasteiger partial charge in [-0.15, -0.1) is 11.8 Å². The van der Waals surface area contributed by atoms with Gasteiger partial charge in [0, 0.05) is 24.7 Å². The number of hydrogen-bond donors (Lipinski definition) is 1. The minimum atomic E-state index is -3.11. The van der Waals surface area contributed by atoms with Crippen LogP contribution in [-0.2, 0) is 10.0 Å². The topological polar surface area (TPSA) is 63.5 Å². The Kier molecular flexibility index (Phi) is 5.45. The molecule has 110 valence electrons. The van der Waals surface area contributed by atoms with Crippen LogP contribution in [0.25, 0.3) is 5.65 Å². The minimum Gasteiger partial charge on any atom is -0.294 e. The van der Waals surface area contributed by atoms with E-state index in [1.54, 1.807) is 18.0 Å². The van der Waals surface area contributed by atoms with E-state index < -0.39 is 10.0 Å². The third kappa shape index (κ3) is 4.22. The molecule has 0 aliphatic carbocycles. The van der Waals surface area contributed by atoms with Crippen molar-refractivity contribution in [1.82, 2.24) is 14.1 Å². The van der Waals surface area contributed by atoms with Crippen LogP contribution in [-0.4, -0.2) is 35.9 Å². The molecule has 2 rings (SSSR count). The molecular formula is C13H19N3O2S2. The van der Waals surface area contributed by atoms with Crippen LogP contribution in [0.15, 0.2) is 35.6 Å². The van der Waals surface area contributed by atoms with Crippen LogP contribution in [0.4, 0.5) is 0 Å². The predicted octanol–water partition coefficient (Wildman–Crippen LogP) is 2.15. The average Bonchev–Trinajstić information content (AvgIpc) is 2.90. The molecule has 0 fully saturated rings. The second kappa shape index (κ2) is 7.10. The smallest absolute Gasteiger partial charge is 0.211 e. The Labute approximate surface area is 123 Å². The maximum absolute atomic E-state index is 11.6. The molecule has 5 nitrogen and oxygen atoms in total. The lowest BCUT2D eigenvalue weighted by Crippen LogP contribution is -2.28. The quantitative estimate of drug-likeness (QED) is 0.599. The molecule has 0 atom stereocenters. The fraction of sp³-hybridized carbons (Fsp3) is 0.462. The van der Waals surface area contributed by atoms with Crippen molar-refractivity contribution >= 4 is 27.4 Å². The molecular weight excluding hydrogens is 294 g/mol. The summed E-state index contributed by atoms with van der Waals surface area (Å²) in [4.78, 5) is 4.22. The number of fused-ring (bicyclic) bond motifs is 1. The van der Waals surface area contributed by atoms with Gasteiger partial charge in [0.05, 0.1) is 10.8 Å². The molecule has 2 aromatic heterocycles. The Morgan fingerprint density at radius 2 is 2.25 bits per heavy atom. The maximum Gasteiger partial charge on any atom is 0.211 e. The van der Waals surface area contributed by atoms with Crippen LogP contribution in [0.2, 0.25) is 0 Å². The summed E-state index contributed by atoms with van der Waals surface area (Å²) in [5, 5.41) is 1.06. The summed E-state index contributed by atoms with van der Waals surface area (Å²) < 4.78 is 27.9. The molecule has 0 radical (unpaired) electrons. The van der Waals surface area contributed by atoms with E-state index in [1.807, 2.05) is 35.7 Å². The summed E-state index contributed by atoms with van der Waals surface area (Å²) in [6, 6.07) is 5.90. The molecule has 0 aromatic carbocycles. The number of aromatic nitrogens is 2. The predicted molar refractivity (Wildman–Crippen MR) is 82.6 cm³/mol. The van der Waals surface area contributed by atoms with Crippen molar-refractivity contribution in [3.63, 3.8) is 0 Å². The summed E-state index contributed by atoms with van der Waals surface area (Å²) in [6.07, 6.45) is 5.26. The van der Waals surface area contributed by atoms with Crippen LogP contribution in [0, 0.1) is 0 Å². The van der Waals surface area contributed by atoms with Crippen LogP contribution in [0.1, 0.15) is 19.8 Å². The van der Waals surface area contributed by atoms with Gasteiger partial charge in [-0.3, -0.25) is 4.40 Å². The van der Waals surface area contributed by atoms with Crippen molar-refractivity contribution in [1.29, 1.82) is 0 Å². The van der Waals surface area contributed by atoms with Gasteiger partial charge in [0.25, 0.3) is 0 Å². The van der Waals surface area contributed by atoms with Crippen molar-refractivity contribution in [2.45, 2.75) is 24.8 Å². The monoisotopic (exact) mass is 313 g/mol. The Bertz CT molecular complexity index is 652. The molecule has 0 amide bonds. The molecule has 1 N–H and O–H groups in total. The fourth-order valence-corrected chi connectivity index (χ4v) is 4.04. The van der Waals surface area contributed by atoms with Crippen LogP contribution >= 0.6 is 11.8 Å². The van der Waals surface area contributed by atoms with Gasteiger partial charge in [0.15, 0.2) is 0 Å². The van der Waals surface area contributed by atoms with E-state index in [2.05, 4.69) is 9.71 Å². The first-order valence-corrected chi connectivity index (χ1v) is 9.28. The lowest BCUT2D eigenvalue weighted by Gasteiger charge is -2.07. The molecule has 0 aliphatic heterocycles. The summed E-state index contributed by atoms with van der Waals surface area (Å²) in [5.74, 6) is 0.911. The Hall–Kier alpha value is -1.05. The van der Waals surface area contributed by atoms with Gasteiger partial charge >= 0.3 is 0 Å². The number of hydrogen-bond acceptors (Lipinski definition) is 4. The van der Waals surface area contributed by atoms with Gasteiger partial charge in [-0.05, 0) is 18.6 Å². The van der Waals surface area contributed by atoms with Crippen molar-refractivity contribution in [3.8, 4) is 0 Å². The lowest BCUT2D eigenvalue weighted by molar-refractivity contribution is 0.581. The molecule has 2 aromatic rings. The Morgan fingerprint density at radius 3 is 3.05 bits per heavy atom. The minimum absolute atomic E-state index is 0.214. The van der Waals surface area contributed by atoms with Gasteiger partial charge in [0.2, 0.25) is 10.0 Å². The van der Waals surface area contributed by atoms with E-state index in [4.69, 9.17) is 0 Å². The second-order valence-electron chi connectivity index (χ2n) is 4.43. The number of rotatable bonds is 8. The van der Waals surface area contributed by atoms with Crippen molar-refractivity contribution in [2.75, 3.05) is 18.1 Å². The number of unbranched alkanes of at least 4 members (excludes halogenated alkanes) is 1. The Morgan fingerprint density at radius 1 is 1.40 bits per heavy atom. The second-order valence-corrected chi connectivity index (χ2v) is 7.48. The molecule has 0 aliphatic rings. The zero-order chi connectivity index (χ0) is 14.4. The summed E-state index contributed by atoms with van der Waals surface area (Å²) in [5.41, 5.74) is 0.901. The van der Waals surface area contributed by atoms with E-state index in [-0.39, 0.29) is 5.75 Å². The van der Waals surface area contributed by atoms with E-state index in [1.165, 1.54) is 0 Å². The third-order valence-electron chi connectivity index (χ3n) is 2.83. The Balaban J connectivity index is 1.83. The van der Waals surface area contributed by atoms with E-state index >= 15 is 0 Å². The SMILES string of the molecule is CCCCS(=O)(=O)NCCSc1cccc2nccn12. The molecule has 7 heteroatoms. The zero-order valence-corrected chi connectivity index (χ0v) is 13.1. The first kappa shape index (κ1) is 15.3. The highest BCUT2D eigenvalue weighted by Crippen LogP contribution is 2.18. The largest absolute Gasteiger partial charge is 0.294 e. The lowest BCUT2D eigenvalue weighted by atomic mass is 10.4. The number of sulfonamides is 1. The fourth-order valence-electron chi connectivity index (χ4n) is 1.80. The van der Waals surface area contributed by atoms with Crippen molar-refractivity contribution in [3.05, 3.63) is 30.6 Å². The average molecular weight is 313 g/mol. The maximum atomic E-state index is 11.6. The molecule has 0 saturated carbocycles. The van der Waals surface area contributed by atoms with Gasteiger partial charge in [-0.2, -0.15) is 0 Å². The third-order valence-corrected chi connectivity index (χ3v) is 5.34. The highest BCUT2D eigenvalue weighted by atomic mass is 32.2. The first-order chi connectivity index (χ1) is 9.62. The standard InChI is InChI=1S/C13H19N3O2S2/c1-2-3-11-20(17,18)15-8-10-19-13-6-4-5-12-14-7-9-16(12)13/h4-7,9,15H,2-3,8,10-11H2,1H3. The normalized spacial score (nSPS) is 12.1. The van der Waals surface area contributed by atoms with Gasteiger partial charge in [-0.1, -0.05) is 19.4 Å². The first-order valence-electron chi connectivity index (χ1n) is 6.64. The molecule has 0 unspecified atom stereocenters. The number of imidazole rings is 1. The number of nitrogens with one attached hydrogen (secondary N) is 1. The zero-order valence-electron chi connectivity index (χ0n) is 11.4. The van der Waals surface area contributed by atoms with Crippen molar-refractivity contribution < 1.29 is 8.42 Å². The van der Waals surface area contributed by atoms with E-state index in [0.29, 0.717) is 18.7 Å². The van der Waals surface area contributed by atoms with E-state index in [0.717, 1.165) is 17.1 Å². The number of pyridine rings is 1. The van der Waals surface area contributed by atoms with E-state index in [9.17, 15) is 8.42 Å². The van der Waals surface area contributed by atoms with Crippen LogP contribution in [0.3, 0.4) is 0 Å². The number of thioether (sulfide) groups is 1. The summed E-state index contributed by atoms with van der Waals surface area (Å²) >= 11 is 1.62. The summed E-state index contributed by atoms with van der Waals surface area (Å²) in [6.45, 7) is 2.43. The highest BCUT2D eigenvalue weighted by Gasteiger charge is 2.08. The number of nitrogens with zero attached hydrogens (tertiary/aromatic N) is 2. The molecule has 0 bridgehead atoms. The summed E-state index contributed by atoms with van der Waals surface area (Å²) in [7, 11) is -3.11. The van der Waals surface area contributed by atoms with Gasteiger partial charge in [0.1, 0.15) is 5.65 Å². The molecule has 2 heterocycles.